The fourth-order valence-corrected chi connectivity index (χ4v) is 5.19. The highest BCUT2D eigenvalue weighted by atomic mass is 31.2. The number of carbonyl (C=O) groups excluding carboxylic acids is 1. The molecule has 2 heterocycles. The molecule has 1 aromatic heterocycles. The quantitative estimate of drug-likeness (QED) is 0.406. The monoisotopic (exact) mass is 493 g/mol. The number of piperidine rings is 1. The number of methoxy groups -OCH3 is 1. The molecule has 10 nitrogen and oxygen atoms in total. The highest BCUT2D eigenvalue weighted by Gasteiger charge is 2.35. The number of nitrogens with one attached hydrogen (secondary N) is 1. The van der Waals surface area contributed by atoms with Crippen LogP contribution < -0.4 is 20.7 Å². The molecular weight excluding hydrogens is 457 g/mol. The van der Waals surface area contributed by atoms with Gasteiger partial charge < -0.3 is 30.5 Å². The number of carbonyl (C=O) groups is 1. The summed E-state index contributed by atoms with van der Waals surface area (Å²) in [7, 11) is -2.78. The minimum absolute atomic E-state index is 0.0938. The lowest BCUT2D eigenvalue weighted by Crippen LogP contribution is -2.50. The second-order valence-corrected chi connectivity index (χ2v) is 12.0. The van der Waals surface area contributed by atoms with Gasteiger partial charge in [0, 0.05) is 25.0 Å². The van der Waals surface area contributed by atoms with Gasteiger partial charge in [-0.2, -0.15) is 0 Å². The lowest BCUT2D eigenvalue weighted by Gasteiger charge is -2.35. The molecule has 1 aliphatic rings. The predicted octanol–water partition coefficient (Wildman–Crippen LogP) is 2.28. The number of benzene rings is 1. The van der Waals surface area contributed by atoms with Crippen molar-refractivity contribution < 1.29 is 23.9 Å². The lowest BCUT2D eigenvalue weighted by atomic mass is 9.87. The summed E-state index contributed by atoms with van der Waals surface area (Å²) in [6, 6.07) is 4.98. The minimum Gasteiger partial charge on any atom is -0.494 e. The Balaban J connectivity index is 1.63. The average Bonchev–Trinajstić information content (AvgIpc) is 2.79. The van der Waals surface area contributed by atoms with Gasteiger partial charge in [-0.05, 0) is 42.7 Å². The normalized spacial score (nSPS) is 17.4. The van der Waals surface area contributed by atoms with Crippen LogP contribution in [0, 0.1) is 11.3 Å². The van der Waals surface area contributed by atoms with Crippen LogP contribution >= 0.6 is 7.60 Å². The number of rotatable bonds is 8. The zero-order valence-corrected chi connectivity index (χ0v) is 21.2. The first-order valence-corrected chi connectivity index (χ1v) is 13.2. The van der Waals surface area contributed by atoms with Gasteiger partial charge in [-0.3, -0.25) is 9.36 Å². The molecule has 2 atom stereocenters. The van der Waals surface area contributed by atoms with Gasteiger partial charge in [-0.25, -0.2) is 9.97 Å². The summed E-state index contributed by atoms with van der Waals surface area (Å²) in [5, 5.41) is 3.56. The van der Waals surface area contributed by atoms with E-state index in [1.807, 2.05) is 39.0 Å². The molecule has 0 radical (unpaired) electrons. The van der Waals surface area contributed by atoms with Crippen molar-refractivity contribution in [3.63, 3.8) is 0 Å². The van der Waals surface area contributed by atoms with E-state index in [0.717, 1.165) is 29.6 Å². The van der Waals surface area contributed by atoms with E-state index in [-0.39, 0.29) is 12.5 Å². The van der Waals surface area contributed by atoms with Gasteiger partial charge in [0.05, 0.1) is 18.8 Å². The Morgan fingerprint density at radius 1 is 1.29 bits per heavy atom. The first-order chi connectivity index (χ1) is 15.9. The van der Waals surface area contributed by atoms with E-state index >= 15 is 0 Å². The molecule has 188 valence electrons. The molecule has 1 unspecified atom stereocenters. The highest BCUT2D eigenvalue weighted by Crippen LogP contribution is 2.45. The molecule has 1 aliphatic heterocycles. The van der Waals surface area contributed by atoms with E-state index in [1.54, 1.807) is 7.11 Å². The molecule has 0 spiro atoms. The summed E-state index contributed by atoms with van der Waals surface area (Å²) in [4.78, 5) is 43.2. The van der Waals surface area contributed by atoms with Gasteiger partial charge in [0.15, 0.2) is 0 Å². The van der Waals surface area contributed by atoms with Crippen molar-refractivity contribution in [1.82, 2.24) is 15.3 Å². The SMILES string of the molecule is COc1cccc2c(N3CCC(CC(CNC(=O)[C@@H](N)C(C)(C)C)P(=O)(O)O)CC3)ncnc12. The van der Waals surface area contributed by atoms with Crippen molar-refractivity contribution in [2.24, 2.45) is 17.1 Å². The molecular formula is C23H36N5O5P. The Labute approximate surface area is 200 Å². The molecule has 34 heavy (non-hydrogen) atoms. The Bertz CT molecular complexity index is 1050. The lowest BCUT2D eigenvalue weighted by molar-refractivity contribution is -0.124. The van der Waals surface area contributed by atoms with Gasteiger partial charge in [0.2, 0.25) is 5.91 Å². The molecule has 1 fully saturated rings. The number of hydrogen-bond acceptors (Lipinski definition) is 7. The summed E-state index contributed by atoms with van der Waals surface area (Å²) < 4.78 is 17.6. The molecule has 3 rings (SSSR count). The summed E-state index contributed by atoms with van der Waals surface area (Å²) in [5.41, 5.74) is 5.34. The summed E-state index contributed by atoms with van der Waals surface area (Å²) in [6.07, 6.45) is 3.39. The molecule has 1 amide bonds. The fourth-order valence-electron chi connectivity index (χ4n) is 4.29. The first-order valence-electron chi connectivity index (χ1n) is 11.5. The second-order valence-electron chi connectivity index (χ2n) is 10.1. The third-order valence-electron chi connectivity index (χ3n) is 6.55. The third kappa shape index (κ3) is 6.24. The van der Waals surface area contributed by atoms with E-state index in [2.05, 4.69) is 20.2 Å². The second kappa shape index (κ2) is 10.6. The molecule has 1 saturated heterocycles. The molecule has 2 aromatic rings. The van der Waals surface area contributed by atoms with Crippen LogP contribution in [0.25, 0.3) is 10.9 Å². The van der Waals surface area contributed by atoms with Gasteiger partial charge in [-0.1, -0.05) is 26.8 Å². The standard InChI is InChI=1S/C23H36N5O5P/c1-23(2,3)20(24)22(29)25-13-16(34(30,31)32)12-15-8-10-28(11-9-15)21-17-6-5-7-18(33-4)19(17)26-14-27-21/h5-7,14-16,20H,8-13,24H2,1-4H3,(H,25,29)(H2,30,31,32)/t16?,20-/m1/s1. The molecule has 1 aromatic carbocycles. The van der Waals surface area contributed by atoms with Gasteiger partial charge in [-0.15, -0.1) is 0 Å². The van der Waals surface area contributed by atoms with Crippen LogP contribution in [0.3, 0.4) is 0 Å². The predicted molar refractivity (Wildman–Crippen MR) is 132 cm³/mol. The number of amides is 1. The maximum absolute atomic E-state index is 12.3. The number of anilines is 1. The Morgan fingerprint density at radius 3 is 2.56 bits per heavy atom. The smallest absolute Gasteiger partial charge is 0.330 e. The zero-order chi connectivity index (χ0) is 25.1. The van der Waals surface area contributed by atoms with Crippen LogP contribution in [0.2, 0.25) is 0 Å². The maximum atomic E-state index is 12.3. The average molecular weight is 494 g/mol. The number of aromatic nitrogens is 2. The van der Waals surface area contributed by atoms with E-state index in [9.17, 15) is 19.1 Å². The molecule has 11 heteroatoms. The van der Waals surface area contributed by atoms with E-state index in [0.29, 0.717) is 25.3 Å². The Morgan fingerprint density at radius 2 is 1.97 bits per heavy atom. The summed E-state index contributed by atoms with van der Waals surface area (Å²) in [5.74, 6) is 1.25. The fraction of sp³-hybridized carbons (Fsp3) is 0.609. The number of ether oxygens (including phenoxy) is 1. The van der Waals surface area contributed by atoms with Crippen molar-refractivity contribution >= 4 is 30.2 Å². The van der Waals surface area contributed by atoms with E-state index < -0.39 is 30.6 Å². The van der Waals surface area contributed by atoms with Crippen molar-refractivity contribution in [1.29, 1.82) is 0 Å². The van der Waals surface area contributed by atoms with Gasteiger partial charge >= 0.3 is 7.60 Å². The van der Waals surface area contributed by atoms with E-state index in [1.165, 1.54) is 6.33 Å². The third-order valence-corrected chi connectivity index (χ3v) is 7.89. The number of para-hydroxylation sites is 1. The molecule has 0 bridgehead atoms. The van der Waals surface area contributed by atoms with Crippen LogP contribution in [-0.4, -0.2) is 64.1 Å². The van der Waals surface area contributed by atoms with Gasteiger partial charge in [0.25, 0.3) is 0 Å². The number of nitrogens with two attached hydrogens (primary N) is 1. The molecule has 0 saturated carbocycles. The first kappa shape index (κ1) is 26.3. The van der Waals surface area contributed by atoms with Crippen LogP contribution in [0.1, 0.15) is 40.0 Å². The number of nitrogens with zero attached hydrogens (tertiary/aromatic N) is 3. The van der Waals surface area contributed by atoms with Crippen molar-refractivity contribution in [2.75, 3.05) is 31.6 Å². The summed E-state index contributed by atoms with van der Waals surface area (Å²) >= 11 is 0. The van der Waals surface area contributed by atoms with E-state index in [4.69, 9.17) is 10.5 Å². The maximum Gasteiger partial charge on any atom is 0.330 e. The molecule has 5 N–H and O–H groups in total. The zero-order valence-electron chi connectivity index (χ0n) is 20.3. The van der Waals surface area contributed by atoms with Crippen LogP contribution in [-0.2, 0) is 9.36 Å². The van der Waals surface area contributed by atoms with Crippen LogP contribution in [0.15, 0.2) is 24.5 Å². The molecule has 0 aliphatic carbocycles. The van der Waals surface area contributed by atoms with Crippen molar-refractivity contribution in [2.45, 2.75) is 51.7 Å². The van der Waals surface area contributed by atoms with Crippen LogP contribution in [0.5, 0.6) is 5.75 Å². The van der Waals surface area contributed by atoms with Crippen molar-refractivity contribution in [3.8, 4) is 5.75 Å². The van der Waals surface area contributed by atoms with Crippen molar-refractivity contribution in [3.05, 3.63) is 24.5 Å². The minimum atomic E-state index is -4.39. The number of hydrogen-bond donors (Lipinski definition) is 4. The topological polar surface area (TPSA) is 151 Å². The number of fused-ring (bicyclic) bond motifs is 1. The Hall–Kier alpha value is -2.26. The van der Waals surface area contributed by atoms with Gasteiger partial charge in [0.1, 0.15) is 23.4 Å². The highest BCUT2D eigenvalue weighted by molar-refractivity contribution is 7.52. The largest absolute Gasteiger partial charge is 0.494 e. The van der Waals surface area contributed by atoms with Crippen LogP contribution in [0.4, 0.5) is 5.82 Å². The Kier molecular flexibility index (Phi) is 8.18. The summed E-state index contributed by atoms with van der Waals surface area (Å²) in [6.45, 7) is 6.88.